The van der Waals surface area contributed by atoms with Crippen LogP contribution < -0.4 is 10.1 Å². The highest BCUT2D eigenvalue weighted by Crippen LogP contribution is 2.38. The number of aryl methyl sites for hydroxylation is 1. The zero-order valence-corrected chi connectivity index (χ0v) is 21.3. The Labute approximate surface area is 217 Å². The monoisotopic (exact) mass is 559 g/mol. The van der Waals surface area contributed by atoms with E-state index in [4.69, 9.17) is 4.74 Å². The number of aromatic nitrogens is 3. The SMILES string of the molecule is COc1nc(NCC2C(C)CC(F)(F)CN2C(=O)c2nc(C)sc2-c2cccc(F)c2)ncc1C(F)(F)F. The summed E-state index contributed by atoms with van der Waals surface area (Å²) in [5.74, 6) is -6.11. The minimum atomic E-state index is -4.73. The number of carbonyl (C=O) groups excluding carboxylic acids is 1. The highest BCUT2D eigenvalue weighted by Gasteiger charge is 2.47. The molecule has 0 spiro atoms. The van der Waals surface area contributed by atoms with Crippen molar-refractivity contribution in [2.24, 2.45) is 5.92 Å². The number of carbonyl (C=O) groups is 1. The Morgan fingerprint density at radius 2 is 2.03 bits per heavy atom. The number of nitrogens with zero attached hydrogens (tertiary/aromatic N) is 4. The largest absolute Gasteiger partial charge is 0.480 e. The van der Waals surface area contributed by atoms with Crippen LogP contribution in [0.25, 0.3) is 10.4 Å². The number of hydrogen-bond donors (Lipinski definition) is 1. The standard InChI is InChI=1S/C24H23F6N5O2S/c1-12-8-23(26,27)11-35(17(12)10-32-22-31-9-16(24(28,29)30)20(34-22)37-3)21(36)18-19(38-13(2)33-18)14-5-4-6-15(25)7-14/h4-7,9,12,17H,8,10-11H2,1-3H3,(H,31,32,34). The van der Waals surface area contributed by atoms with E-state index in [-0.39, 0.29) is 18.2 Å². The van der Waals surface area contributed by atoms with Gasteiger partial charge in [0, 0.05) is 19.2 Å². The zero-order chi connectivity index (χ0) is 27.8. The average molecular weight is 560 g/mol. The van der Waals surface area contributed by atoms with Crippen LogP contribution in [0, 0.1) is 18.7 Å². The summed E-state index contributed by atoms with van der Waals surface area (Å²) in [6.45, 7) is 2.18. The highest BCUT2D eigenvalue weighted by molar-refractivity contribution is 7.15. The van der Waals surface area contributed by atoms with E-state index >= 15 is 0 Å². The topological polar surface area (TPSA) is 80.2 Å². The number of hydrogen-bond acceptors (Lipinski definition) is 7. The maximum absolute atomic E-state index is 14.6. The number of halogens is 6. The van der Waals surface area contributed by atoms with E-state index < -0.39 is 60.2 Å². The van der Waals surface area contributed by atoms with Gasteiger partial charge < -0.3 is 15.0 Å². The van der Waals surface area contributed by atoms with Crippen molar-refractivity contribution < 1.29 is 35.9 Å². The molecule has 1 fully saturated rings. The predicted molar refractivity (Wildman–Crippen MR) is 128 cm³/mol. The lowest BCUT2D eigenvalue weighted by molar-refractivity contribution is -0.139. The fourth-order valence-electron chi connectivity index (χ4n) is 4.41. The molecule has 1 saturated heterocycles. The number of ether oxygens (including phenoxy) is 1. The number of methoxy groups -OCH3 is 1. The molecule has 1 N–H and O–H groups in total. The zero-order valence-electron chi connectivity index (χ0n) is 20.4. The minimum Gasteiger partial charge on any atom is -0.480 e. The van der Waals surface area contributed by atoms with E-state index in [0.29, 0.717) is 21.6 Å². The van der Waals surface area contributed by atoms with Gasteiger partial charge in [0.1, 0.15) is 17.1 Å². The van der Waals surface area contributed by atoms with Gasteiger partial charge in [-0.3, -0.25) is 4.79 Å². The van der Waals surface area contributed by atoms with Gasteiger partial charge in [0.25, 0.3) is 11.8 Å². The van der Waals surface area contributed by atoms with Crippen molar-refractivity contribution in [2.45, 2.75) is 38.4 Å². The number of piperidine rings is 1. The van der Waals surface area contributed by atoms with Gasteiger partial charge >= 0.3 is 6.18 Å². The molecular weight excluding hydrogens is 536 g/mol. The number of nitrogens with one attached hydrogen (secondary N) is 1. The van der Waals surface area contributed by atoms with Gasteiger partial charge in [-0.2, -0.15) is 18.2 Å². The van der Waals surface area contributed by atoms with Gasteiger partial charge in [-0.1, -0.05) is 19.1 Å². The Morgan fingerprint density at radius 1 is 1.29 bits per heavy atom. The van der Waals surface area contributed by atoms with Crippen LogP contribution in [0.15, 0.2) is 30.5 Å². The van der Waals surface area contributed by atoms with E-state index in [0.717, 1.165) is 23.3 Å². The van der Waals surface area contributed by atoms with Gasteiger partial charge in [-0.15, -0.1) is 11.3 Å². The Kier molecular flexibility index (Phi) is 7.55. The number of rotatable bonds is 6. The number of amides is 1. The summed E-state index contributed by atoms with van der Waals surface area (Å²) >= 11 is 1.13. The third kappa shape index (κ3) is 5.84. The van der Waals surface area contributed by atoms with E-state index in [1.165, 1.54) is 18.2 Å². The van der Waals surface area contributed by atoms with Gasteiger partial charge in [-0.25, -0.2) is 23.1 Å². The molecule has 1 amide bonds. The van der Waals surface area contributed by atoms with Crippen LogP contribution >= 0.6 is 11.3 Å². The molecule has 7 nitrogen and oxygen atoms in total. The minimum absolute atomic E-state index is 0.0829. The van der Waals surface area contributed by atoms with E-state index in [1.54, 1.807) is 19.9 Å². The Bertz CT molecular complexity index is 1330. The summed E-state index contributed by atoms with van der Waals surface area (Å²) < 4.78 is 87.2. The van der Waals surface area contributed by atoms with Crippen molar-refractivity contribution in [3.8, 4) is 16.3 Å². The molecule has 2 unspecified atom stereocenters. The molecule has 0 radical (unpaired) electrons. The van der Waals surface area contributed by atoms with Crippen LogP contribution in [-0.2, 0) is 6.18 Å². The molecule has 2 aromatic heterocycles. The fraction of sp³-hybridized carbons (Fsp3) is 0.417. The molecule has 204 valence electrons. The number of alkyl halides is 5. The molecule has 1 aliphatic rings. The number of thiazole rings is 1. The van der Waals surface area contributed by atoms with Crippen LogP contribution in [0.4, 0.5) is 32.3 Å². The summed E-state index contributed by atoms with van der Waals surface area (Å²) in [6, 6.07) is 4.73. The summed E-state index contributed by atoms with van der Waals surface area (Å²) in [5, 5.41) is 3.24. The third-order valence-corrected chi connectivity index (χ3v) is 7.11. The first-order chi connectivity index (χ1) is 17.8. The van der Waals surface area contributed by atoms with Crippen LogP contribution in [0.1, 0.15) is 34.4 Å². The second-order valence-electron chi connectivity index (χ2n) is 8.95. The lowest BCUT2D eigenvalue weighted by Gasteiger charge is -2.43. The molecule has 4 rings (SSSR count). The fourth-order valence-corrected chi connectivity index (χ4v) is 5.32. The average Bonchev–Trinajstić information content (AvgIpc) is 3.23. The van der Waals surface area contributed by atoms with Crippen LogP contribution in [-0.4, -0.2) is 57.9 Å². The molecule has 0 aliphatic carbocycles. The first kappa shape index (κ1) is 27.6. The van der Waals surface area contributed by atoms with Crippen LogP contribution in [0.2, 0.25) is 0 Å². The van der Waals surface area contributed by atoms with E-state index in [9.17, 15) is 31.1 Å². The molecule has 3 aromatic rings. The van der Waals surface area contributed by atoms with Crippen LogP contribution in [0.3, 0.4) is 0 Å². The Hall–Kier alpha value is -3.42. The lowest BCUT2D eigenvalue weighted by atomic mass is 9.88. The second-order valence-corrected chi connectivity index (χ2v) is 10.2. The molecule has 1 aliphatic heterocycles. The van der Waals surface area contributed by atoms with Crippen molar-refractivity contribution in [1.82, 2.24) is 19.9 Å². The number of likely N-dealkylation sites (tertiary alicyclic amines) is 1. The number of anilines is 1. The van der Waals surface area contributed by atoms with Gasteiger partial charge in [0.05, 0.1) is 29.6 Å². The number of benzene rings is 1. The predicted octanol–water partition coefficient (Wildman–Crippen LogP) is 5.67. The second kappa shape index (κ2) is 10.4. The van der Waals surface area contributed by atoms with Gasteiger partial charge in [0.15, 0.2) is 0 Å². The van der Waals surface area contributed by atoms with Crippen molar-refractivity contribution in [3.05, 3.63) is 52.5 Å². The normalized spacial score (nSPS) is 19.3. The lowest BCUT2D eigenvalue weighted by Crippen LogP contribution is -2.57. The van der Waals surface area contributed by atoms with Crippen molar-refractivity contribution in [3.63, 3.8) is 0 Å². The molecular formula is C24H23F6N5O2S. The maximum atomic E-state index is 14.6. The Balaban J connectivity index is 1.63. The summed E-state index contributed by atoms with van der Waals surface area (Å²) in [5.41, 5.74) is -0.868. The summed E-state index contributed by atoms with van der Waals surface area (Å²) in [4.78, 5) is 26.6. The van der Waals surface area contributed by atoms with Crippen molar-refractivity contribution >= 4 is 23.2 Å². The van der Waals surface area contributed by atoms with Crippen LogP contribution in [0.5, 0.6) is 5.88 Å². The highest BCUT2D eigenvalue weighted by atomic mass is 32.1. The molecule has 2 atom stereocenters. The van der Waals surface area contributed by atoms with Gasteiger partial charge in [0.2, 0.25) is 11.8 Å². The smallest absolute Gasteiger partial charge is 0.423 e. The third-order valence-electron chi connectivity index (χ3n) is 6.09. The van der Waals surface area contributed by atoms with Crippen molar-refractivity contribution in [2.75, 3.05) is 25.5 Å². The molecule has 38 heavy (non-hydrogen) atoms. The first-order valence-electron chi connectivity index (χ1n) is 11.4. The molecule has 0 saturated carbocycles. The summed E-state index contributed by atoms with van der Waals surface area (Å²) in [6.07, 6.45) is -4.69. The van der Waals surface area contributed by atoms with E-state index in [2.05, 4.69) is 20.3 Å². The summed E-state index contributed by atoms with van der Waals surface area (Å²) in [7, 11) is 1.03. The quantitative estimate of drug-likeness (QED) is 0.392. The van der Waals surface area contributed by atoms with E-state index in [1.807, 2.05) is 0 Å². The first-order valence-corrected chi connectivity index (χ1v) is 12.2. The molecule has 0 bridgehead atoms. The van der Waals surface area contributed by atoms with Gasteiger partial charge in [-0.05, 0) is 30.5 Å². The van der Waals surface area contributed by atoms with Crippen molar-refractivity contribution in [1.29, 1.82) is 0 Å². The maximum Gasteiger partial charge on any atom is 0.423 e. The molecule has 14 heteroatoms. The Morgan fingerprint density at radius 3 is 2.68 bits per heavy atom. The molecule has 1 aromatic carbocycles. The molecule has 3 heterocycles.